The van der Waals surface area contributed by atoms with Crippen molar-refractivity contribution in [3.8, 4) is 11.8 Å². The molecule has 0 saturated carbocycles. The lowest BCUT2D eigenvalue weighted by Crippen LogP contribution is -2.23. The molecule has 0 aromatic heterocycles. The zero-order chi connectivity index (χ0) is 10.6. The van der Waals surface area contributed by atoms with E-state index in [-0.39, 0.29) is 5.88 Å². The van der Waals surface area contributed by atoms with Crippen LogP contribution in [-0.2, 0) is 0 Å². The second-order valence-electron chi connectivity index (χ2n) is 4.12. The molecule has 1 nitrogen and oxygen atoms in total. The van der Waals surface area contributed by atoms with Gasteiger partial charge in [0.15, 0.2) is 0 Å². The quantitative estimate of drug-likeness (QED) is 0.524. The molecule has 0 aromatic rings. The Morgan fingerprint density at radius 2 is 2.07 bits per heavy atom. The molecule has 0 aromatic carbocycles. The molecule has 1 aliphatic carbocycles. The van der Waals surface area contributed by atoms with Gasteiger partial charge in [-0.3, -0.25) is 0 Å². The van der Waals surface area contributed by atoms with E-state index in [0.717, 1.165) is 12.8 Å². The fraction of sp³-hybridized carbons (Fsp3) is 0.667. The van der Waals surface area contributed by atoms with Crippen molar-refractivity contribution in [1.82, 2.24) is 0 Å². The molecule has 0 amide bonds. The predicted molar refractivity (Wildman–Crippen MR) is 60.3 cm³/mol. The van der Waals surface area contributed by atoms with E-state index in [2.05, 4.69) is 18.8 Å². The van der Waals surface area contributed by atoms with Crippen molar-refractivity contribution < 1.29 is 5.11 Å². The summed E-state index contributed by atoms with van der Waals surface area (Å²) in [5, 5.41) is 9.61. The van der Waals surface area contributed by atoms with Crippen LogP contribution in [0.5, 0.6) is 0 Å². The van der Waals surface area contributed by atoms with Crippen molar-refractivity contribution >= 4 is 11.6 Å². The number of hydrogen-bond acceptors (Lipinski definition) is 1. The van der Waals surface area contributed by atoms with Crippen molar-refractivity contribution in [2.45, 2.75) is 45.1 Å². The predicted octanol–water partition coefficient (Wildman–Crippen LogP) is 2.87. The highest BCUT2D eigenvalue weighted by atomic mass is 35.5. The van der Waals surface area contributed by atoms with Crippen molar-refractivity contribution in [2.24, 2.45) is 0 Å². The highest BCUT2D eigenvalue weighted by Crippen LogP contribution is 2.23. The Bertz CT molecular complexity index is 291. The molecular weight excluding hydrogens is 196 g/mol. The number of halogens is 1. The molecule has 14 heavy (non-hydrogen) atoms. The van der Waals surface area contributed by atoms with Crippen LogP contribution in [0.3, 0.4) is 0 Å². The third kappa shape index (κ3) is 3.36. The molecule has 1 aliphatic rings. The standard InChI is InChI=1S/C12H17ClO/c1-10-5-3-4-6-11(10)7-8-12(2,14)9-13/h14H,3-6,9H2,1-2H3. The Hall–Kier alpha value is -0.450. The Labute approximate surface area is 91.2 Å². The average Bonchev–Trinajstić information content (AvgIpc) is 2.17. The van der Waals surface area contributed by atoms with E-state index in [9.17, 15) is 5.11 Å². The number of rotatable bonds is 1. The van der Waals surface area contributed by atoms with E-state index in [4.69, 9.17) is 11.6 Å². The number of alkyl halides is 1. The second-order valence-corrected chi connectivity index (χ2v) is 4.39. The summed E-state index contributed by atoms with van der Waals surface area (Å²) in [7, 11) is 0. The maximum Gasteiger partial charge on any atom is 0.136 e. The van der Waals surface area contributed by atoms with Crippen molar-refractivity contribution in [3.05, 3.63) is 11.1 Å². The molecule has 1 rings (SSSR count). The molecular formula is C12H17ClO. The van der Waals surface area contributed by atoms with Crippen LogP contribution in [-0.4, -0.2) is 16.6 Å². The molecule has 0 fully saturated rings. The Morgan fingerprint density at radius 3 is 2.64 bits per heavy atom. The van der Waals surface area contributed by atoms with E-state index < -0.39 is 5.60 Å². The van der Waals surface area contributed by atoms with E-state index >= 15 is 0 Å². The molecule has 1 unspecified atom stereocenters. The van der Waals surface area contributed by atoms with Gasteiger partial charge in [-0.25, -0.2) is 0 Å². The van der Waals surface area contributed by atoms with Gasteiger partial charge in [0.05, 0.1) is 5.88 Å². The van der Waals surface area contributed by atoms with Crippen molar-refractivity contribution in [2.75, 3.05) is 5.88 Å². The molecule has 78 valence electrons. The van der Waals surface area contributed by atoms with Crippen LogP contribution in [0.25, 0.3) is 0 Å². The fourth-order valence-corrected chi connectivity index (χ4v) is 1.54. The number of hydrogen-bond donors (Lipinski definition) is 1. The molecule has 1 N–H and O–H groups in total. The van der Waals surface area contributed by atoms with Gasteiger partial charge in [-0.05, 0) is 39.5 Å². The summed E-state index contributed by atoms with van der Waals surface area (Å²) < 4.78 is 0. The first-order valence-electron chi connectivity index (χ1n) is 5.05. The van der Waals surface area contributed by atoms with E-state index in [0.29, 0.717) is 0 Å². The van der Waals surface area contributed by atoms with Crippen LogP contribution < -0.4 is 0 Å². The molecule has 0 saturated heterocycles. The maximum atomic E-state index is 9.61. The third-order valence-corrected chi connectivity index (χ3v) is 3.01. The largest absolute Gasteiger partial charge is 0.377 e. The lowest BCUT2D eigenvalue weighted by Gasteiger charge is -2.14. The molecule has 0 radical (unpaired) electrons. The Morgan fingerprint density at radius 1 is 1.43 bits per heavy atom. The number of aliphatic hydroxyl groups is 1. The number of allylic oxidation sites excluding steroid dienone is 2. The Kier molecular flexibility index (Phi) is 4.04. The molecule has 0 aliphatic heterocycles. The van der Waals surface area contributed by atoms with Gasteiger partial charge in [0.25, 0.3) is 0 Å². The van der Waals surface area contributed by atoms with Crippen LogP contribution in [0.15, 0.2) is 11.1 Å². The summed E-state index contributed by atoms with van der Waals surface area (Å²) in [6, 6.07) is 0. The van der Waals surface area contributed by atoms with Gasteiger partial charge in [-0.2, -0.15) is 0 Å². The van der Waals surface area contributed by atoms with Gasteiger partial charge < -0.3 is 5.11 Å². The first-order chi connectivity index (χ1) is 6.55. The minimum Gasteiger partial charge on any atom is -0.377 e. The monoisotopic (exact) mass is 212 g/mol. The molecule has 1 atom stereocenters. The van der Waals surface area contributed by atoms with Gasteiger partial charge in [-0.1, -0.05) is 17.4 Å². The first-order valence-corrected chi connectivity index (χ1v) is 5.59. The van der Waals surface area contributed by atoms with E-state index in [1.165, 1.54) is 24.0 Å². The van der Waals surface area contributed by atoms with Crippen LogP contribution in [0.1, 0.15) is 39.5 Å². The highest BCUT2D eigenvalue weighted by Gasteiger charge is 2.15. The van der Waals surface area contributed by atoms with Gasteiger partial charge in [0.2, 0.25) is 0 Å². The second kappa shape index (κ2) is 4.87. The molecule has 0 spiro atoms. The molecule has 2 heteroatoms. The van der Waals surface area contributed by atoms with E-state index in [1.54, 1.807) is 6.92 Å². The summed E-state index contributed by atoms with van der Waals surface area (Å²) >= 11 is 5.58. The summed E-state index contributed by atoms with van der Waals surface area (Å²) in [5.74, 6) is 6.04. The maximum absolute atomic E-state index is 9.61. The molecule has 0 bridgehead atoms. The first kappa shape index (κ1) is 11.6. The smallest absolute Gasteiger partial charge is 0.136 e. The van der Waals surface area contributed by atoms with Gasteiger partial charge in [-0.15, -0.1) is 11.6 Å². The normalized spacial score (nSPS) is 21.1. The summed E-state index contributed by atoms with van der Waals surface area (Å²) in [5.41, 5.74) is 1.52. The zero-order valence-corrected chi connectivity index (χ0v) is 9.62. The van der Waals surface area contributed by atoms with Gasteiger partial charge in [0.1, 0.15) is 5.60 Å². The summed E-state index contributed by atoms with van der Waals surface area (Å²) in [4.78, 5) is 0. The minimum atomic E-state index is -1.05. The van der Waals surface area contributed by atoms with Crippen molar-refractivity contribution in [3.63, 3.8) is 0 Å². The van der Waals surface area contributed by atoms with Crippen LogP contribution >= 0.6 is 11.6 Å². The highest BCUT2D eigenvalue weighted by molar-refractivity contribution is 6.18. The topological polar surface area (TPSA) is 20.2 Å². The lowest BCUT2D eigenvalue weighted by molar-refractivity contribution is 0.147. The fourth-order valence-electron chi connectivity index (χ4n) is 1.47. The van der Waals surface area contributed by atoms with Crippen LogP contribution in [0.4, 0.5) is 0 Å². The van der Waals surface area contributed by atoms with Crippen molar-refractivity contribution in [1.29, 1.82) is 0 Å². The summed E-state index contributed by atoms with van der Waals surface area (Å²) in [6.07, 6.45) is 4.68. The molecule has 0 heterocycles. The van der Waals surface area contributed by atoms with Gasteiger partial charge in [0, 0.05) is 5.57 Å². The Balaban J connectivity index is 2.76. The minimum absolute atomic E-state index is 0.159. The van der Waals surface area contributed by atoms with Crippen LogP contribution in [0.2, 0.25) is 0 Å². The van der Waals surface area contributed by atoms with Crippen LogP contribution in [0, 0.1) is 11.8 Å². The SMILES string of the molecule is CC1=C(C#CC(C)(O)CCl)CCCC1. The van der Waals surface area contributed by atoms with Gasteiger partial charge >= 0.3 is 0 Å². The lowest BCUT2D eigenvalue weighted by atomic mass is 9.92. The summed E-state index contributed by atoms with van der Waals surface area (Å²) in [6.45, 7) is 3.77. The third-order valence-electron chi connectivity index (χ3n) is 2.49. The van der Waals surface area contributed by atoms with E-state index in [1.807, 2.05) is 0 Å². The zero-order valence-electron chi connectivity index (χ0n) is 8.86. The average molecular weight is 213 g/mol.